The van der Waals surface area contributed by atoms with Gasteiger partial charge in [-0.2, -0.15) is 0 Å². The van der Waals surface area contributed by atoms with E-state index in [4.69, 9.17) is 4.74 Å². The van der Waals surface area contributed by atoms with Crippen molar-refractivity contribution >= 4 is 12.1 Å². The van der Waals surface area contributed by atoms with Crippen LogP contribution in [0, 0.1) is 0 Å². The molecule has 0 spiro atoms. The Balaban J connectivity index is 2.13. The van der Waals surface area contributed by atoms with Gasteiger partial charge in [0, 0.05) is 13.0 Å². The molecule has 0 radical (unpaired) electrons. The van der Waals surface area contributed by atoms with Gasteiger partial charge in [-0.3, -0.25) is 4.90 Å². The number of hydrogen-bond acceptors (Lipinski definition) is 3. The SMILES string of the molecule is O=C(O)[C@H](Cc1ccccc1)N1CCCOC1=O. The number of carboxylic acid groups (broad SMARTS) is 1. The molecule has 0 saturated carbocycles. The third-order valence-electron chi connectivity index (χ3n) is 2.94. The third-order valence-corrected chi connectivity index (χ3v) is 2.94. The lowest BCUT2D eigenvalue weighted by molar-refractivity contribution is -0.143. The Kier molecular flexibility index (Phi) is 3.82. The van der Waals surface area contributed by atoms with Crippen LogP contribution in [0.2, 0.25) is 0 Å². The summed E-state index contributed by atoms with van der Waals surface area (Å²) in [6.07, 6.45) is 0.430. The topological polar surface area (TPSA) is 66.8 Å². The number of carbonyl (C=O) groups is 2. The Morgan fingerprint density at radius 3 is 2.72 bits per heavy atom. The molecular weight excluding hydrogens is 234 g/mol. The van der Waals surface area contributed by atoms with E-state index >= 15 is 0 Å². The maximum Gasteiger partial charge on any atom is 0.410 e. The van der Waals surface area contributed by atoms with Gasteiger partial charge in [-0.05, 0) is 12.0 Å². The molecule has 1 aromatic rings. The summed E-state index contributed by atoms with van der Waals surface area (Å²) >= 11 is 0. The third kappa shape index (κ3) is 2.80. The van der Waals surface area contributed by atoms with E-state index in [-0.39, 0.29) is 0 Å². The van der Waals surface area contributed by atoms with Crippen LogP contribution in [0.25, 0.3) is 0 Å². The molecule has 0 aromatic heterocycles. The predicted molar refractivity (Wildman–Crippen MR) is 64.2 cm³/mol. The first-order valence-electron chi connectivity index (χ1n) is 5.88. The summed E-state index contributed by atoms with van der Waals surface area (Å²) in [5.74, 6) is -1.00. The summed E-state index contributed by atoms with van der Waals surface area (Å²) < 4.78 is 4.88. The lowest BCUT2D eigenvalue weighted by Gasteiger charge is -2.31. The second-order valence-electron chi connectivity index (χ2n) is 4.21. The Morgan fingerprint density at radius 1 is 1.39 bits per heavy atom. The van der Waals surface area contributed by atoms with Crippen molar-refractivity contribution in [1.29, 1.82) is 0 Å². The highest BCUT2D eigenvalue weighted by Gasteiger charge is 2.32. The van der Waals surface area contributed by atoms with Crippen LogP contribution in [0.1, 0.15) is 12.0 Å². The van der Waals surface area contributed by atoms with E-state index in [1.165, 1.54) is 4.90 Å². The van der Waals surface area contributed by atoms with E-state index in [9.17, 15) is 14.7 Å². The molecule has 5 nitrogen and oxygen atoms in total. The van der Waals surface area contributed by atoms with Crippen molar-refractivity contribution in [2.75, 3.05) is 13.2 Å². The van der Waals surface area contributed by atoms with E-state index in [0.29, 0.717) is 26.0 Å². The van der Waals surface area contributed by atoms with Crippen molar-refractivity contribution in [3.8, 4) is 0 Å². The number of hydrogen-bond donors (Lipinski definition) is 1. The molecule has 1 atom stereocenters. The van der Waals surface area contributed by atoms with Crippen LogP contribution in [0.15, 0.2) is 30.3 Å². The molecule has 0 bridgehead atoms. The van der Waals surface area contributed by atoms with Gasteiger partial charge in [0.25, 0.3) is 0 Å². The molecule has 1 amide bonds. The number of benzene rings is 1. The maximum absolute atomic E-state index is 11.6. The Morgan fingerprint density at radius 2 is 2.11 bits per heavy atom. The van der Waals surface area contributed by atoms with Crippen molar-refractivity contribution in [3.63, 3.8) is 0 Å². The lowest BCUT2D eigenvalue weighted by atomic mass is 10.0. The molecule has 1 aliphatic rings. The van der Waals surface area contributed by atoms with Gasteiger partial charge < -0.3 is 9.84 Å². The van der Waals surface area contributed by atoms with Crippen LogP contribution in [0.4, 0.5) is 4.79 Å². The normalized spacial score (nSPS) is 17.1. The largest absolute Gasteiger partial charge is 0.480 e. The number of amides is 1. The molecular formula is C13H15NO4. The quantitative estimate of drug-likeness (QED) is 0.878. The molecule has 2 rings (SSSR count). The lowest BCUT2D eigenvalue weighted by Crippen LogP contribution is -2.49. The van der Waals surface area contributed by atoms with Gasteiger partial charge in [0.1, 0.15) is 6.04 Å². The number of aliphatic carboxylic acids is 1. The van der Waals surface area contributed by atoms with Gasteiger partial charge in [-0.15, -0.1) is 0 Å². The predicted octanol–water partition coefficient (Wildman–Crippen LogP) is 1.52. The maximum atomic E-state index is 11.6. The number of rotatable bonds is 4. The number of cyclic esters (lactones) is 1. The molecule has 0 unspecified atom stereocenters. The van der Waals surface area contributed by atoms with E-state index in [2.05, 4.69) is 0 Å². The highest BCUT2D eigenvalue weighted by Crippen LogP contribution is 2.14. The van der Waals surface area contributed by atoms with Crippen LogP contribution >= 0.6 is 0 Å². The summed E-state index contributed by atoms with van der Waals surface area (Å²) in [6, 6.07) is 8.41. The van der Waals surface area contributed by atoms with Crippen LogP contribution in [0.3, 0.4) is 0 Å². The summed E-state index contributed by atoms with van der Waals surface area (Å²) in [5.41, 5.74) is 0.892. The minimum absolute atomic E-state index is 0.297. The molecule has 1 fully saturated rings. The van der Waals surface area contributed by atoms with Crippen molar-refractivity contribution in [2.45, 2.75) is 18.9 Å². The molecule has 1 heterocycles. The summed E-state index contributed by atoms with van der Waals surface area (Å²) in [7, 11) is 0. The molecule has 0 aliphatic carbocycles. The van der Waals surface area contributed by atoms with Crippen molar-refractivity contribution in [2.24, 2.45) is 0 Å². The zero-order chi connectivity index (χ0) is 13.0. The van der Waals surface area contributed by atoms with Crippen LogP contribution in [-0.4, -0.2) is 41.3 Å². The standard InChI is InChI=1S/C13H15NO4/c15-12(16)11(9-10-5-2-1-3-6-10)14-7-4-8-18-13(14)17/h1-3,5-6,11H,4,7-9H2,(H,15,16)/t11-/m0/s1. The van der Waals surface area contributed by atoms with Gasteiger partial charge >= 0.3 is 12.1 Å². The van der Waals surface area contributed by atoms with Gasteiger partial charge in [0.15, 0.2) is 0 Å². The van der Waals surface area contributed by atoms with Crippen LogP contribution < -0.4 is 0 Å². The van der Waals surface area contributed by atoms with Crippen molar-refractivity contribution < 1.29 is 19.4 Å². The summed E-state index contributed by atoms with van der Waals surface area (Å²) in [5, 5.41) is 9.26. The highest BCUT2D eigenvalue weighted by atomic mass is 16.6. The minimum Gasteiger partial charge on any atom is -0.480 e. The average molecular weight is 249 g/mol. The fourth-order valence-corrected chi connectivity index (χ4v) is 2.02. The number of carbonyl (C=O) groups excluding carboxylic acids is 1. The Hall–Kier alpha value is -2.04. The number of ether oxygens (including phenoxy) is 1. The van der Waals surface area contributed by atoms with Gasteiger partial charge in [-0.1, -0.05) is 30.3 Å². The van der Waals surface area contributed by atoms with Crippen LogP contribution in [-0.2, 0) is 16.0 Å². The second-order valence-corrected chi connectivity index (χ2v) is 4.21. The van der Waals surface area contributed by atoms with E-state index in [1.807, 2.05) is 30.3 Å². The number of nitrogens with zero attached hydrogens (tertiary/aromatic N) is 1. The average Bonchev–Trinajstić information content (AvgIpc) is 2.38. The Labute approximate surface area is 105 Å². The summed E-state index contributed by atoms with van der Waals surface area (Å²) in [6.45, 7) is 0.801. The molecule has 1 saturated heterocycles. The zero-order valence-corrected chi connectivity index (χ0v) is 9.91. The Bertz CT molecular complexity index is 432. The highest BCUT2D eigenvalue weighted by molar-refractivity contribution is 5.80. The van der Waals surface area contributed by atoms with E-state index in [1.54, 1.807) is 0 Å². The fraction of sp³-hybridized carbons (Fsp3) is 0.385. The first-order chi connectivity index (χ1) is 8.68. The zero-order valence-electron chi connectivity index (χ0n) is 9.91. The molecule has 1 aromatic carbocycles. The van der Waals surface area contributed by atoms with Crippen molar-refractivity contribution in [3.05, 3.63) is 35.9 Å². The van der Waals surface area contributed by atoms with Gasteiger partial charge in [0.2, 0.25) is 0 Å². The molecule has 18 heavy (non-hydrogen) atoms. The molecule has 5 heteroatoms. The molecule has 96 valence electrons. The molecule has 1 aliphatic heterocycles. The van der Waals surface area contributed by atoms with Crippen molar-refractivity contribution in [1.82, 2.24) is 4.90 Å². The number of carboxylic acids is 1. The van der Waals surface area contributed by atoms with Crippen LogP contribution in [0.5, 0.6) is 0 Å². The first-order valence-corrected chi connectivity index (χ1v) is 5.88. The van der Waals surface area contributed by atoms with E-state index < -0.39 is 18.1 Å². The summed E-state index contributed by atoms with van der Waals surface area (Å²) in [4.78, 5) is 24.2. The smallest absolute Gasteiger partial charge is 0.410 e. The fourth-order valence-electron chi connectivity index (χ4n) is 2.02. The second kappa shape index (κ2) is 5.53. The first kappa shape index (κ1) is 12.4. The van der Waals surface area contributed by atoms with E-state index in [0.717, 1.165) is 5.56 Å². The molecule has 1 N–H and O–H groups in total. The van der Waals surface area contributed by atoms with Gasteiger partial charge in [-0.25, -0.2) is 9.59 Å². The minimum atomic E-state index is -1.00. The van der Waals surface area contributed by atoms with Gasteiger partial charge in [0.05, 0.1) is 6.61 Å². The monoisotopic (exact) mass is 249 g/mol.